The van der Waals surface area contributed by atoms with Crippen LogP contribution in [0.5, 0.6) is 0 Å². The average molecular weight is 353 g/mol. The molecule has 0 saturated carbocycles. The molecular weight excluding hydrogens is 334 g/mol. The summed E-state index contributed by atoms with van der Waals surface area (Å²) >= 11 is 2.88. The molecule has 124 valence electrons. The topological polar surface area (TPSA) is 89.8 Å². The summed E-state index contributed by atoms with van der Waals surface area (Å²) < 4.78 is 1.66. The standard InChI is InChI=1S/C14H19N5O2S2/c1-9(2)13(10(3)20)15-12(21)8-23-14-16-17-18-19(14)7-11-5-4-6-22-11/h4-6,9,13H,7-8H2,1-3H3,(H,15,21). The minimum Gasteiger partial charge on any atom is -0.345 e. The predicted molar refractivity (Wildman–Crippen MR) is 89.4 cm³/mol. The quantitative estimate of drug-likeness (QED) is 0.725. The van der Waals surface area contributed by atoms with E-state index in [2.05, 4.69) is 20.8 Å². The molecule has 23 heavy (non-hydrogen) atoms. The van der Waals surface area contributed by atoms with Gasteiger partial charge in [-0.05, 0) is 34.7 Å². The number of hydrogen-bond acceptors (Lipinski definition) is 7. The minimum absolute atomic E-state index is 0.0409. The van der Waals surface area contributed by atoms with Crippen LogP contribution in [0.15, 0.2) is 22.7 Å². The molecule has 9 heteroatoms. The van der Waals surface area contributed by atoms with E-state index >= 15 is 0 Å². The number of aromatic nitrogens is 4. The Morgan fingerprint density at radius 3 is 2.83 bits per heavy atom. The molecule has 2 aromatic heterocycles. The Hall–Kier alpha value is -1.74. The van der Waals surface area contributed by atoms with E-state index in [-0.39, 0.29) is 23.4 Å². The van der Waals surface area contributed by atoms with Gasteiger partial charge in [0, 0.05) is 4.88 Å². The lowest BCUT2D eigenvalue weighted by Crippen LogP contribution is -2.44. The number of ketones is 1. The van der Waals surface area contributed by atoms with Gasteiger partial charge in [-0.25, -0.2) is 4.68 Å². The number of thioether (sulfide) groups is 1. The minimum atomic E-state index is -0.454. The van der Waals surface area contributed by atoms with Crippen molar-refractivity contribution >= 4 is 34.8 Å². The van der Waals surface area contributed by atoms with Crippen molar-refractivity contribution in [2.45, 2.75) is 38.5 Å². The van der Waals surface area contributed by atoms with E-state index in [1.54, 1.807) is 16.0 Å². The van der Waals surface area contributed by atoms with E-state index in [1.165, 1.54) is 18.7 Å². The van der Waals surface area contributed by atoms with Crippen molar-refractivity contribution in [3.8, 4) is 0 Å². The maximum absolute atomic E-state index is 12.0. The van der Waals surface area contributed by atoms with Crippen LogP contribution in [0.25, 0.3) is 0 Å². The number of carbonyl (C=O) groups is 2. The van der Waals surface area contributed by atoms with Crippen molar-refractivity contribution in [2.75, 3.05) is 5.75 Å². The summed E-state index contributed by atoms with van der Waals surface area (Å²) in [6, 6.07) is 3.52. The number of Topliss-reactive ketones (excluding diaryl/α,β-unsaturated/α-hetero) is 1. The van der Waals surface area contributed by atoms with E-state index in [0.717, 1.165) is 4.88 Å². The fraction of sp³-hybridized carbons (Fsp3) is 0.500. The summed E-state index contributed by atoms with van der Waals surface area (Å²) in [5.41, 5.74) is 0. The van der Waals surface area contributed by atoms with Crippen molar-refractivity contribution in [2.24, 2.45) is 5.92 Å². The fourth-order valence-electron chi connectivity index (χ4n) is 2.03. The number of tetrazole rings is 1. The molecule has 2 heterocycles. The number of thiophene rings is 1. The summed E-state index contributed by atoms with van der Waals surface area (Å²) in [5.74, 6) is -0.0116. The number of hydrogen-bond donors (Lipinski definition) is 1. The van der Waals surface area contributed by atoms with Crippen LogP contribution in [0, 0.1) is 5.92 Å². The predicted octanol–water partition coefficient (Wildman–Crippen LogP) is 1.60. The van der Waals surface area contributed by atoms with Crippen molar-refractivity contribution in [3.05, 3.63) is 22.4 Å². The van der Waals surface area contributed by atoms with Gasteiger partial charge in [-0.15, -0.1) is 16.4 Å². The van der Waals surface area contributed by atoms with Gasteiger partial charge in [0.25, 0.3) is 0 Å². The molecule has 0 aromatic carbocycles. The van der Waals surface area contributed by atoms with Crippen LogP contribution in [-0.2, 0) is 16.1 Å². The van der Waals surface area contributed by atoms with Gasteiger partial charge in [0.2, 0.25) is 11.1 Å². The molecule has 0 saturated heterocycles. The van der Waals surface area contributed by atoms with Crippen LogP contribution in [0.4, 0.5) is 0 Å². The Kier molecular flexibility index (Phi) is 6.28. The Labute approximate surface area is 142 Å². The zero-order valence-electron chi connectivity index (χ0n) is 13.2. The Morgan fingerprint density at radius 2 is 2.22 bits per heavy atom. The molecule has 0 fully saturated rings. The Morgan fingerprint density at radius 1 is 1.43 bits per heavy atom. The third kappa shape index (κ3) is 5.14. The molecular formula is C14H19N5O2S2. The first kappa shape index (κ1) is 17.6. The van der Waals surface area contributed by atoms with Crippen LogP contribution in [0.1, 0.15) is 25.6 Å². The number of nitrogens with one attached hydrogen (secondary N) is 1. The van der Waals surface area contributed by atoms with E-state index in [4.69, 9.17) is 0 Å². The summed E-state index contributed by atoms with van der Waals surface area (Å²) in [5, 5.41) is 16.9. The molecule has 0 spiro atoms. The molecule has 0 bridgehead atoms. The molecule has 1 amide bonds. The molecule has 2 aromatic rings. The zero-order valence-corrected chi connectivity index (χ0v) is 14.9. The highest BCUT2D eigenvalue weighted by Gasteiger charge is 2.21. The summed E-state index contributed by atoms with van der Waals surface area (Å²) in [6.07, 6.45) is 0. The van der Waals surface area contributed by atoms with E-state index in [0.29, 0.717) is 11.7 Å². The first-order valence-electron chi connectivity index (χ1n) is 7.18. The Balaban J connectivity index is 1.90. The van der Waals surface area contributed by atoms with Gasteiger partial charge < -0.3 is 5.32 Å². The van der Waals surface area contributed by atoms with Crippen LogP contribution in [0.3, 0.4) is 0 Å². The number of rotatable bonds is 8. The van der Waals surface area contributed by atoms with Crippen molar-refractivity contribution in [3.63, 3.8) is 0 Å². The molecule has 1 unspecified atom stereocenters. The van der Waals surface area contributed by atoms with E-state index < -0.39 is 6.04 Å². The highest BCUT2D eigenvalue weighted by Crippen LogP contribution is 2.17. The average Bonchev–Trinajstić information content (AvgIpc) is 3.14. The van der Waals surface area contributed by atoms with Gasteiger partial charge in [-0.1, -0.05) is 31.7 Å². The van der Waals surface area contributed by atoms with Crippen LogP contribution >= 0.6 is 23.1 Å². The van der Waals surface area contributed by atoms with Crippen molar-refractivity contribution < 1.29 is 9.59 Å². The molecule has 0 aliphatic rings. The van der Waals surface area contributed by atoms with E-state index in [9.17, 15) is 9.59 Å². The first-order chi connectivity index (χ1) is 11.0. The third-order valence-electron chi connectivity index (χ3n) is 3.14. The van der Waals surface area contributed by atoms with Gasteiger partial charge in [0.05, 0.1) is 18.3 Å². The van der Waals surface area contributed by atoms with Gasteiger partial charge in [-0.2, -0.15) is 0 Å². The van der Waals surface area contributed by atoms with Crippen LogP contribution in [0.2, 0.25) is 0 Å². The summed E-state index contributed by atoms with van der Waals surface area (Å²) in [7, 11) is 0. The van der Waals surface area contributed by atoms with Gasteiger partial charge in [-0.3, -0.25) is 9.59 Å². The highest BCUT2D eigenvalue weighted by atomic mass is 32.2. The molecule has 7 nitrogen and oxygen atoms in total. The molecule has 0 radical (unpaired) electrons. The second-order valence-electron chi connectivity index (χ2n) is 5.39. The van der Waals surface area contributed by atoms with Crippen molar-refractivity contribution in [1.29, 1.82) is 0 Å². The third-order valence-corrected chi connectivity index (χ3v) is 4.96. The lowest BCUT2D eigenvalue weighted by molar-refractivity contribution is -0.126. The maximum Gasteiger partial charge on any atom is 0.231 e. The number of nitrogens with zero attached hydrogens (tertiary/aromatic N) is 4. The molecule has 0 aliphatic carbocycles. The summed E-state index contributed by atoms with van der Waals surface area (Å²) in [4.78, 5) is 24.7. The molecule has 0 aliphatic heterocycles. The van der Waals surface area contributed by atoms with Crippen LogP contribution < -0.4 is 5.32 Å². The largest absolute Gasteiger partial charge is 0.345 e. The molecule has 1 N–H and O–H groups in total. The fourth-order valence-corrected chi connectivity index (χ4v) is 3.41. The van der Waals surface area contributed by atoms with Crippen LogP contribution in [-0.4, -0.2) is 43.7 Å². The first-order valence-corrected chi connectivity index (χ1v) is 9.05. The highest BCUT2D eigenvalue weighted by molar-refractivity contribution is 7.99. The second-order valence-corrected chi connectivity index (χ2v) is 7.36. The lowest BCUT2D eigenvalue weighted by atomic mass is 10.0. The lowest BCUT2D eigenvalue weighted by Gasteiger charge is -2.19. The summed E-state index contributed by atoms with van der Waals surface area (Å²) in [6.45, 7) is 5.87. The second kappa shape index (κ2) is 8.21. The monoisotopic (exact) mass is 353 g/mol. The van der Waals surface area contributed by atoms with Gasteiger partial charge >= 0.3 is 0 Å². The number of carbonyl (C=O) groups excluding carboxylic acids is 2. The maximum atomic E-state index is 12.0. The van der Waals surface area contributed by atoms with E-state index in [1.807, 2.05) is 31.4 Å². The smallest absolute Gasteiger partial charge is 0.231 e. The molecule has 1 atom stereocenters. The van der Waals surface area contributed by atoms with Gasteiger partial charge in [0.1, 0.15) is 0 Å². The van der Waals surface area contributed by atoms with Gasteiger partial charge in [0.15, 0.2) is 5.78 Å². The number of amides is 1. The SMILES string of the molecule is CC(=O)C(NC(=O)CSc1nnnn1Cc1cccs1)C(C)C. The Bertz CT molecular complexity index is 654. The normalized spacial score (nSPS) is 12.3. The zero-order chi connectivity index (χ0) is 16.8. The molecule has 2 rings (SSSR count). The van der Waals surface area contributed by atoms with Crippen molar-refractivity contribution in [1.82, 2.24) is 25.5 Å².